The Hall–Kier alpha value is -1.06. The lowest BCUT2D eigenvalue weighted by Gasteiger charge is -2.17. The maximum absolute atomic E-state index is 13.2. The first-order valence-corrected chi connectivity index (χ1v) is 7.71. The Bertz CT molecular complexity index is 672. The third-order valence-corrected chi connectivity index (χ3v) is 4.76. The molecule has 20 heavy (non-hydrogen) atoms. The van der Waals surface area contributed by atoms with Gasteiger partial charge in [-0.25, -0.2) is 4.39 Å². The highest BCUT2D eigenvalue weighted by Gasteiger charge is 2.23. The summed E-state index contributed by atoms with van der Waals surface area (Å²) in [6.07, 6.45) is 0.880. The number of alkyl halides is 1. The van der Waals surface area contributed by atoms with Gasteiger partial charge in [0.1, 0.15) is 11.6 Å². The molecule has 0 saturated carbocycles. The second-order valence-corrected chi connectivity index (χ2v) is 6.30. The summed E-state index contributed by atoms with van der Waals surface area (Å²) in [5.74, 6) is 0.679. The summed E-state index contributed by atoms with van der Waals surface area (Å²) in [7, 11) is 0. The number of ether oxygens (including phenoxy) is 1. The van der Waals surface area contributed by atoms with Crippen LogP contribution in [0, 0.1) is 12.7 Å². The molecule has 1 atom stereocenters. The van der Waals surface area contributed by atoms with E-state index in [9.17, 15) is 4.39 Å². The summed E-state index contributed by atoms with van der Waals surface area (Å²) in [5, 5.41) is 0.702. The van der Waals surface area contributed by atoms with Crippen LogP contribution >= 0.6 is 27.5 Å². The van der Waals surface area contributed by atoms with E-state index in [-0.39, 0.29) is 10.6 Å². The minimum Gasteiger partial charge on any atom is -0.493 e. The van der Waals surface area contributed by atoms with Crippen LogP contribution in [0.3, 0.4) is 0 Å². The fourth-order valence-corrected chi connectivity index (χ4v) is 3.68. The van der Waals surface area contributed by atoms with E-state index < -0.39 is 0 Å². The number of hydrogen-bond donors (Lipinski definition) is 0. The number of benzene rings is 2. The van der Waals surface area contributed by atoms with Crippen molar-refractivity contribution in [2.75, 3.05) is 6.61 Å². The highest BCUT2D eigenvalue weighted by molar-refractivity contribution is 9.09. The molecule has 0 saturated heterocycles. The zero-order valence-electron chi connectivity index (χ0n) is 10.9. The van der Waals surface area contributed by atoms with Crippen molar-refractivity contribution in [1.29, 1.82) is 0 Å². The molecule has 0 bridgehead atoms. The van der Waals surface area contributed by atoms with Crippen molar-refractivity contribution < 1.29 is 9.13 Å². The van der Waals surface area contributed by atoms with Crippen LogP contribution in [0.5, 0.6) is 5.75 Å². The molecular weight excluding hydrogens is 343 g/mol. The Morgan fingerprint density at radius 3 is 2.80 bits per heavy atom. The van der Waals surface area contributed by atoms with Gasteiger partial charge in [-0.1, -0.05) is 33.6 Å². The average molecular weight is 356 g/mol. The Balaban J connectivity index is 2.09. The summed E-state index contributed by atoms with van der Waals surface area (Å²) in [5.41, 5.74) is 4.06. The smallest absolute Gasteiger partial charge is 0.127 e. The Morgan fingerprint density at radius 2 is 2.05 bits per heavy atom. The maximum Gasteiger partial charge on any atom is 0.127 e. The third-order valence-electron chi connectivity index (χ3n) is 3.56. The number of rotatable bonds is 2. The molecule has 1 aliphatic heterocycles. The lowest BCUT2D eigenvalue weighted by Crippen LogP contribution is -1.99. The molecule has 0 spiro atoms. The quantitative estimate of drug-likeness (QED) is 0.672. The third kappa shape index (κ3) is 2.45. The Morgan fingerprint density at radius 1 is 1.25 bits per heavy atom. The van der Waals surface area contributed by atoms with Gasteiger partial charge in [-0.05, 0) is 47.9 Å². The maximum atomic E-state index is 13.2. The first-order valence-electron chi connectivity index (χ1n) is 6.41. The van der Waals surface area contributed by atoms with E-state index in [1.165, 1.54) is 12.1 Å². The van der Waals surface area contributed by atoms with Crippen molar-refractivity contribution >= 4 is 27.5 Å². The number of aryl methyl sites for hydroxylation is 1. The minimum absolute atomic E-state index is 0.0614. The topological polar surface area (TPSA) is 9.23 Å². The Labute approximate surface area is 130 Å². The van der Waals surface area contributed by atoms with Gasteiger partial charge in [-0.3, -0.25) is 0 Å². The van der Waals surface area contributed by atoms with E-state index in [2.05, 4.69) is 15.9 Å². The lowest BCUT2D eigenvalue weighted by molar-refractivity contribution is 0.354. The van der Waals surface area contributed by atoms with Crippen LogP contribution in [0.15, 0.2) is 30.3 Å². The van der Waals surface area contributed by atoms with Gasteiger partial charge in [0.05, 0.1) is 11.4 Å². The molecule has 2 aromatic carbocycles. The van der Waals surface area contributed by atoms with E-state index in [1.807, 2.05) is 19.1 Å². The fraction of sp³-hybridized carbons (Fsp3) is 0.250. The lowest BCUT2D eigenvalue weighted by atomic mass is 9.98. The Kier molecular flexibility index (Phi) is 3.74. The molecule has 1 nitrogen and oxygen atoms in total. The first kappa shape index (κ1) is 13.9. The zero-order valence-corrected chi connectivity index (χ0v) is 13.3. The fourth-order valence-electron chi connectivity index (χ4n) is 2.58. The summed E-state index contributed by atoms with van der Waals surface area (Å²) in [6, 6.07) is 8.67. The van der Waals surface area contributed by atoms with Gasteiger partial charge in [0.15, 0.2) is 0 Å². The van der Waals surface area contributed by atoms with Gasteiger partial charge in [-0.15, -0.1) is 0 Å². The number of fused-ring (bicyclic) bond motifs is 1. The molecule has 1 unspecified atom stereocenters. The molecule has 1 heterocycles. The zero-order chi connectivity index (χ0) is 14.3. The number of halogens is 3. The van der Waals surface area contributed by atoms with E-state index in [0.29, 0.717) is 11.6 Å². The van der Waals surface area contributed by atoms with Crippen LogP contribution in [0.25, 0.3) is 0 Å². The summed E-state index contributed by atoms with van der Waals surface area (Å²) < 4.78 is 19.0. The molecule has 0 amide bonds. The van der Waals surface area contributed by atoms with Gasteiger partial charge < -0.3 is 4.74 Å². The van der Waals surface area contributed by atoms with Crippen molar-refractivity contribution in [3.05, 3.63) is 63.4 Å². The van der Waals surface area contributed by atoms with Crippen LogP contribution in [-0.4, -0.2) is 6.61 Å². The van der Waals surface area contributed by atoms with Gasteiger partial charge in [0.25, 0.3) is 0 Å². The molecule has 0 aromatic heterocycles. The van der Waals surface area contributed by atoms with Gasteiger partial charge in [0.2, 0.25) is 0 Å². The number of hydrogen-bond acceptors (Lipinski definition) is 1. The van der Waals surface area contributed by atoms with Crippen LogP contribution < -0.4 is 4.74 Å². The molecule has 4 heteroatoms. The average Bonchev–Trinajstić information content (AvgIpc) is 2.85. The summed E-state index contributed by atoms with van der Waals surface area (Å²) in [4.78, 5) is -0.0614. The van der Waals surface area contributed by atoms with Crippen LogP contribution in [0.4, 0.5) is 4.39 Å². The van der Waals surface area contributed by atoms with Gasteiger partial charge in [-0.2, -0.15) is 0 Å². The molecule has 0 N–H and O–H groups in total. The molecule has 2 aromatic rings. The second kappa shape index (κ2) is 5.38. The van der Waals surface area contributed by atoms with Gasteiger partial charge in [0, 0.05) is 17.0 Å². The standard InChI is InChI=1S/C16H13BrClFO/c1-9-6-12(19)2-3-13(9)15(17)14-8-11(18)7-10-4-5-20-16(10)14/h2-3,6-8,15H,4-5H2,1H3. The van der Waals surface area contributed by atoms with Crippen molar-refractivity contribution in [2.45, 2.75) is 18.2 Å². The monoisotopic (exact) mass is 354 g/mol. The minimum atomic E-state index is -0.224. The van der Waals surface area contributed by atoms with Crippen molar-refractivity contribution in [3.8, 4) is 5.75 Å². The predicted molar refractivity (Wildman–Crippen MR) is 82.6 cm³/mol. The molecular formula is C16H13BrClFO. The van der Waals surface area contributed by atoms with E-state index in [1.54, 1.807) is 6.07 Å². The normalized spacial score (nSPS) is 14.8. The van der Waals surface area contributed by atoms with E-state index in [0.717, 1.165) is 34.4 Å². The largest absolute Gasteiger partial charge is 0.493 e. The molecule has 104 valence electrons. The summed E-state index contributed by atoms with van der Waals surface area (Å²) >= 11 is 9.88. The van der Waals surface area contributed by atoms with E-state index >= 15 is 0 Å². The van der Waals surface area contributed by atoms with Gasteiger partial charge >= 0.3 is 0 Å². The van der Waals surface area contributed by atoms with Crippen LogP contribution in [0.2, 0.25) is 5.02 Å². The highest BCUT2D eigenvalue weighted by atomic mass is 79.9. The van der Waals surface area contributed by atoms with Crippen molar-refractivity contribution in [1.82, 2.24) is 0 Å². The predicted octanol–water partition coefficient (Wildman–Crippen LogP) is 5.21. The van der Waals surface area contributed by atoms with E-state index in [4.69, 9.17) is 16.3 Å². The van der Waals surface area contributed by atoms with Crippen molar-refractivity contribution in [2.24, 2.45) is 0 Å². The van der Waals surface area contributed by atoms with Crippen LogP contribution in [0.1, 0.15) is 27.1 Å². The molecule has 3 rings (SSSR count). The molecule has 1 aliphatic rings. The first-order chi connectivity index (χ1) is 9.56. The van der Waals surface area contributed by atoms with Crippen LogP contribution in [-0.2, 0) is 6.42 Å². The second-order valence-electron chi connectivity index (χ2n) is 4.95. The SMILES string of the molecule is Cc1cc(F)ccc1C(Br)c1cc(Cl)cc2c1OCC2. The summed E-state index contributed by atoms with van der Waals surface area (Å²) in [6.45, 7) is 2.59. The molecule has 0 radical (unpaired) electrons. The van der Waals surface area contributed by atoms with Crippen molar-refractivity contribution in [3.63, 3.8) is 0 Å². The molecule has 0 fully saturated rings. The molecule has 0 aliphatic carbocycles. The highest BCUT2D eigenvalue weighted by Crippen LogP contribution is 2.43.